The molecule has 0 radical (unpaired) electrons. The third-order valence-corrected chi connectivity index (χ3v) is 13.3. The van der Waals surface area contributed by atoms with Gasteiger partial charge in [0.1, 0.15) is 49.3 Å². The first-order chi connectivity index (χ1) is 37.6. The monoisotopic (exact) mass is 1170 g/mol. The van der Waals surface area contributed by atoms with Crippen LogP contribution in [0.4, 0.5) is 0 Å². The SMILES string of the molecule is COC(=O)[C@@]1(OC[C@H]2O[C@@H](O[C@H]3[C@H](OC(=O)C(C)(C)C)[C@@H](OC(=O)C(C)(C)C)[C@H](OCc4ccc(C)cc4)O[C@@H]3COC(=O)C(C)(C)C)[C@H](OC(=O)C(C)(C)C)[C@@H](OC(=O)C(C)(C)C)[C@H]2O)C[C@H](O)[C@@H](NC(C)=O)[C@H]([C@H](O)[C@H](O)CO)O1. The summed E-state index contributed by atoms with van der Waals surface area (Å²) in [4.78, 5) is 96.5. The number of methoxy groups -OCH3 is 1. The van der Waals surface area contributed by atoms with Crippen molar-refractivity contribution in [2.45, 2.75) is 228 Å². The predicted octanol–water partition coefficient (Wildman–Crippen LogP) is 2.38. The number of aliphatic hydroxyl groups excluding tert-OH is 5. The third-order valence-electron chi connectivity index (χ3n) is 13.3. The molecule has 3 aliphatic rings. The quantitative estimate of drug-likeness (QED) is 0.0855. The van der Waals surface area contributed by atoms with Gasteiger partial charge in [-0.1, -0.05) is 29.8 Å². The highest BCUT2D eigenvalue weighted by Crippen LogP contribution is 2.40. The average molecular weight is 1170 g/mol. The Kier molecular flexibility index (Phi) is 23.2. The van der Waals surface area contributed by atoms with Gasteiger partial charge in [-0.3, -0.25) is 28.8 Å². The molecule has 25 heteroatoms. The summed E-state index contributed by atoms with van der Waals surface area (Å²) in [5, 5.41) is 57.9. The van der Waals surface area contributed by atoms with Crippen LogP contribution in [0.15, 0.2) is 24.3 Å². The van der Waals surface area contributed by atoms with Crippen molar-refractivity contribution in [3.8, 4) is 0 Å². The summed E-state index contributed by atoms with van der Waals surface area (Å²) in [5.41, 5.74) is -4.58. The first-order valence-electron chi connectivity index (χ1n) is 27.2. The second-order valence-electron chi connectivity index (χ2n) is 26.2. The smallest absolute Gasteiger partial charge is 0.366 e. The highest BCUT2D eigenvalue weighted by atomic mass is 16.8. The molecular formula is C57H89NO24. The predicted molar refractivity (Wildman–Crippen MR) is 285 cm³/mol. The fourth-order valence-electron chi connectivity index (χ4n) is 8.20. The number of esters is 6. The number of ether oxygens (including phenoxy) is 12. The molecule has 4 rings (SSSR count). The van der Waals surface area contributed by atoms with Gasteiger partial charge in [0.05, 0.1) is 66.2 Å². The topological polar surface area (TPSA) is 343 Å². The molecule has 0 aliphatic carbocycles. The molecule has 1 aromatic rings. The van der Waals surface area contributed by atoms with E-state index in [9.17, 15) is 59.1 Å². The lowest BCUT2D eigenvalue weighted by Gasteiger charge is -2.50. The van der Waals surface area contributed by atoms with Crippen molar-refractivity contribution in [1.29, 1.82) is 0 Å². The lowest BCUT2D eigenvalue weighted by atomic mass is 9.88. The number of aliphatic hydroxyl groups is 5. The van der Waals surface area contributed by atoms with Gasteiger partial charge in [0.25, 0.3) is 5.79 Å². The minimum absolute atomic E-state index is 0.158. The minimum atomic E-state index is -2.78. The molecule has 3 heterocycles. The van der Waals surface area contributed by atoms with Gasteiger partial charge < -0.3 is 87.7 Å². The molecule has 0 unspecified atom stereocenters. The van der Waals surface area contributed by atoms with Crippen LogP contribution in [0.2, 0.25) is 0 Å². The standard InChI is InChI=1S/C57H89NO24/c1-28-19-21-30(22-20-28)25-72-44-43(81-50(69)56(15,16)17)41(79-48(67)54(9,10)11)38(34(76-44)26-73-46(65)52(3,4)5)77-45-42(80-49(68)55(12,13)14)40(78-47(66)53(6,7)8)37(64)33(75-45)27-74-57(51(70)71-18)23-31(61)35(58-29(2)60)39(82-57)36(63)32(62)24-59/h19-22,31-45,59,61-64H,23-27H2,1-18H3,(H,58,60)/t31-,32+,33+,34+,35+,36+,37-,38+,39+,40-,41-,42+,43+,44+,45-,57+/m0/s1. The summed E-state index contributed by atoms with van der Waals surface area (Å²) in [6.07, 6.45) is -27.2. The largest absolute Gasteiger partial charge is 0.465 e. The molecule has 1 amide bonds. The Morgan fingerprint density at radius 3 is 1.57 bits per heavy atom. The number of hydrogen-bond donors (Lipinski definition) is 6. The van der Waals surface area contributed by atoms with Gasteiger partial charge in [-0.25, -0.2) is 4.79 Å². The number of amides is 1. The van der Waals surface area contributed by atoms with E-state index in [0.717, 1.165) is 19.6 Å². The van der Waals surface area contributed by atoms with Crippen LogP contribution in [0.25, 0.3) is 0 Å². The van der Waals surface area contributed by atoms with Crippen LogP contribution >= 0.6 is 0 Å². The van der Waals surface area contributed by atoms with Crippen molar-refractivity contribution in [1.82, 2.24) is 5.32 Å². The molecule has 0 saturated carbocycles. The molecule has 6 N–H and O–H groups in total. The zero-order valence-electron chi connectivity index (χ0n) is 50.5. The number of hydrogen-bond acceptors (Lipinski definition) is 24. The van der Waals surface area contributed by atoms with Gasteiger partial charge in [-0.15, -0.1) is 0 Å². The molecule has 3 aliphatic heterocycles. The maximum Gasteiger partial charge on any atom is 0.366 e. The zero-order valence-corrected chi connectivity index (χ0v) is 50.5. The summed E-state index contributed by atoms with van der Waals surface area (Å²) >= 11 is 0. The van der Waals surface area contributed by atoms with E-state index in [1.807, 2.05) is 19.1 Å². The van der Waals surface area contributed by atoms with E-state index in [0.29, 0.717) is 5.56 Å². The summed E-state index contributed by atoms with van der Waals surface area (Å²) in [7, 11) is 0.928. The van der Waals surface area contributed by atoms with E-state index < -0.39 is 193 Å². The van der Waals surface area contributed by atoms with Crippen molar-refractivity contribution in [2.24, 2.45) is 27.1 Å². The summed E-state index contributed by atoms with van der Waals surface area (Å²) in [6, 6.07) is 5.73. The molecule has 1 aromatic carbocycles. The Labute approximate surface area is 479 Å². The molecule has 16 atom stereocenters. The lowest BCUT2D eigenvalue weighted by molar-refractivity contribution is -0.370. The second-order valence-corrected chi connectivity index (χ2v) is 26.2. The van der Waals surface area contributed by atoms with E-state index >= 15 is 0 Å². The normalized spacial score (nSPS) is 30.0. The van der Waals surface area contributed by atoms with Crippen LogP contribution in [0, 0.1) is 34.0 Å². The molecule has 25 nitrogen and oxygen atoms in total. The molecule has 3 saturated heterocycles. The maximum absolute atomic E-state index is 14.3. The molecule has 466 valence electrons. The fourth-order valence-corrected chi connectivity index (χ4v) is 8.20. The molecule has 82 heavy (non-hydrogen) atoms. The van der Waals surface area contributed by atoms with E-state index in [4.69, 9.17) is 56.8 Å². The Morgan fingerprint density at radius 2 is 1.11 bits per heavy atom. The number of carbonyl (C=O) groups excluding carboxylic acids is 7. The number of aryl methyl sites for hydroxylation is 1. The van der Waals surface area contributed by atoms with E-state index in [2.05, 4.69) is 5.32 Å². The minimum Gasteiger partial charge on any atom is -0.465 e. The van der Waals surface area contributed by atoms with Gasteiger partial charge in [-0.2, -0.15) is 0 Å². The van der Waals surface area contributed by atoms with E-state index in [-0.39, 0.29) is 6.61 Å². The van der Waals surface area contributed by atoms with Gasteiger partial charge in [0.15, 0.2) is 37.0 Å². The highest BCUT2D eigenvalue weighted by Gasteiger charge is 2.61. The van der Waals surface area contributed by atoms with Crippen molar-refractivity contribution in [2.75, 3.05) is 26.9 Å². The third kappa shape index (κ3) is 18.0. The maximum atomic E-state index is 14.3. The van der Waals surface area contributed by atoms with Crippen molar-refractivity contribution in [3.63, 3.8) is 0 Å². The summed E-state index contributed by atoms with van der Waals surface area (Å²) in [5.74, 6) is -9.17. The summed E-state index contributed by atoms with van der Waals surface area (Å²) in [6.45, 7) is 23.2. The van der Waals surface area contributed by atoms with Gasteiger partial charge in [0, 0.05) is 13.3 Å². The first-order valence-corrected chi connectivity index (χ1v) is 27.2. The molecular weight excluding hydrogens is 1080 g/mol. The molecule has 0 spiro atoms. The molecule has 3 fully saturated rings. The molecule has 0 bridgehead atoms. The van der Waals surface area contributed by atoms with Crippen LogP contribution in [0.1, 0.15) is 128 Å². The number of nitrogens with one attached hydrogen (secondary N) is 1. The van der Waals surface area contributed by atoms with Crippen molar-refractivity contribution < 1.29 is 116 Å². The number of carbonyl (C=O) groups is 7. The van der Waals surface area contributed by atoms with Crippen molar-refractivity contribution >= 4 is 41.7 Å². The fraction of sp³-hybridized carbons (Fsp3) is 0.772. The Morgan fingerprint density at radius 1 is 0.646 bits per heavy atom. The molecule has 0 aromatic heterocycles. The Balaban J connectivity index is 2.03. The van der Waals surface area contributed by atoms with Gasteiger partial charge >= 0.3 is 35.8 Å². The van der Waals surface area contributed by atoms with Gasteiger partial charge in [-0.05, 0) is 116 Å². The lowest BCUT2D eigenvalue weighted by Crippen LogP contribution is -2.69. The van der Waals surface area contributed by atoms with Crippen LogP contribution < -0.4 is 5.32 Å². The number of benzene rings is 1. The zero-order chi connectivity index (χ0) is 62.4. The number of rotatable bonds is 19. The van der Waals surface area contributed by atoms with E-state index in [1.165, 1.54) is 41.5 Å². The van der Waals surface area contributed by atoms with Crippen LogP contribution in [0.3, 0.4) is 0 Å². The Hall–Kier alpha value is -4.93. The highest BCUT2D eigenvalue weighted by molar-refractivity contribution is 5.79. The summed E-state index contributed by atoms with van der Waals surface area (Å²) < 4.78 is 74.1. The van der Waals surface area contributed by atoms with Gasteiger partial charge in [0.2, 0.25) is 5.91 Å². The second kappa shape index (κ2) is 27.4. The average Bonchev–Trinajstić information content (AvgIpc) is 3.52. The van der Waals surface area contributed by atoms with Crippen LogP contribution in [0.5, 0.6) is 0 Å². The van der Waals surface area contributed by atoms with Crippen molar-refractivity contribution in [3.05, 3.63) is 35.4 Å². The van der Waals surface area contributed by atoms with Crippen LogP contribution in [-0.4, -0.2) is 192 Å². The first kappa shape index (κ1) is 69.6. The van der Waals surface area contributed by atoms with E-state index in [1.54, 1.807) is 74.4 Å². The Bertz CT molecular complexity index is 2360. The van der Waals surface area contributed by atoms with Crippen LogP contribution in [-0.2, 0) is 97.0 Å².